The van der Waals surface area contributed by atoms with E-state index in [0.29, 0.717) is 22.6 Å². The Morgan fingerprint density at radius 2 is 1.44 bits per heavy atom. The predicted molar refractivity (Wildman–Crippen MR) is 188 cm³/mol. The fourth-order valence-corrected chi connectivity index (χ4v) is 6.30. The molecule has 0 spiro atoms. The van der Waals surface area contributed by atoms with Crippen LogP contribution in [0, 0.1) is 0 Å². The highest BCUT2D eigenvalue weighted by Crippen LogP contribution is 2.18. The van der Waals surface area contributed by atoms with Gasteiger partial charge in [-0.1, -0.05) is 97.1 Å². The van der Waals surface area contributed by atoms with Crippen molar-refractivity contribution in [3.63, 3.8) is 0 Å². The number of anilines is 1. The second-order valence-corrected chi connectivity index (χ2v) is 13.0. The number of carbonyl (C=O) groups is 3. The topological polar surface area (TPSA) is 166 Å². The maximum Gasteiger partial charge on any atom is 0.278 e. The molecule has 0 aliphatic carbocycles. The monoisotopic (exact) mass is 693 g/mol. The number of amides is 1. The highest BCUT2D eigenvalue weighted by Gasteiger charge is 2.28. The van der Waals surface area contributed by atoms with Gasteiger partial charge in [-0.25, -0.2) is 18.4 Å². The van der Waals surface area contributed by atoms with Crippen molar-refractivity contribution in [3.8, 4) is 17.3 Å². The Labute approximate surface area is 289 Å². The van der Waals surface area contributed by atoms with Crippen LogP contribution in [-0.4, -0.2) is 53.1 Å². The largest absolute Gasteiger partial charge is 0.478 e. The van der Waals surface area contributed by atoms with Gasteiger partial charge in [0, 0.05) is 30.7 Å². The third-order valence-corrected chi connectivity index (χ3v) is 8.74. The van der Waals surface area contributed by atoms with E-state index in [9.17, 15) is 27.6 Å². The average molecular weight is 694 g/mol. The summed E-state index contributed by atoms with van der Waals surface area (Å²) in [6, 6.07) is 29.9. The van der Waals surface area contributed by atoms with E-state index in [0.717, 1.165) is 10.8 Å². The quantitative estimate of drug-likeness (QED) is 0.108. The minimum absolute atomic E-state index is 0.0274. The fraction of sp³-hybridized carbons (Fsp3) is 0.189. The Balaban J connectivity index is 1.35. The van der Waals surface area contributed by atoms with Crippen LogP contribution in [0.2, 0.25) is 0 Å². The van der Waals surface area contributed by atoms with Gasteiger partial charge in [0.2, 0.25) is 33.4 Å². The van der Waals surface area contributed by atoms with Gasteiger partial charge in [0.05, 0.1) is 24.6 Å². The van der Waals surface area contributed by atoms with Gasteiger partial charge < -0.3 is 10.1 Å². The summed E-state index contributed by atoms with van der Waals surface area (Å²) in [6.07, 6.45) is 2.86. The highest BCUT2D eigenvalue weighted by molar-refractivity contribution is 7.91. The molecule has 0 aliphatic rings. The number of pyridine rings is 1. The molecular weight excluding hydrogens is 659 g/mol. The number of sulfonamides is 1. The molecule has 0 fully saturated rings. The summed E-state index contributed by atoms with van der Waals surface area (Å²) < 4.78 is 34.8. The van der Waals surface area contributed by atoms with Crippen molar-refractivity contribution >= 4 is 33.2 Å². The second-order valence-electron chi connectivity index (χ2n) is 11.3. The van der Waals surface area contributed by atoms with E-state index in [4.69, 9.17) is 4.74 Å². The van der Waals surface area contributed by atoms with Crippen LogP contribution in [0.4, 0.5) is 5.69 Å². The molecular formula is C37H35N5O7S. The number of benzene rings is 3. The Morgan fingerprint density at radius 1 is 0.800 bits per heavy atom. The first-order valence-electron chi connectivity index (χ1n) is 15.8. The summed E-state index contributed by atoms with van der Waals surface area (Å²) in [5.74, 6) is -2.12. The number of ketones is 2. The molecule has 12 nitrogen and oxygen atoms in total. The second kappa shape index (κ2) is 16.9. The van der Waals surface area contributed by atoms with Crippen molar-refractivity contribution in [3.05, 3.63) is 143 Å². The lowest BCUT2D eigenvalue weighted by Gasteiger charge is -2.19. The summed E-state index contributed by atoms with van der Waals surface area (Å²) >= 11 is 0. The van der Waals surface area contributed by atoms with Gasteiger partial charge in [-0.15, -0.1) is 0 Å². The number of Topliss-reactive ketones (excluding diaryl/α,β-unsaturated/α-hetero) is 2. The van der Waals surface area contributed by atoms with Gasteiger partial charge in [-0.3, -0.25) is 28.5 Å². The molecule has 50 heavy (non-hydrogen) atoms. The zero-order valence-electron chi connectivity index (χ0n) is 27.0. The Kier molecular flexibility index (Phi) is 12.0. The maximum absolute atomic E-state index is 13.8. The molecule has 1 unspecified atom stereocenters. The molecule has 2 heterocycles. The van der Waals surface area contributed by atoms with Crippen LogP contribution in [0.1, 0.15) is 24.0 Å². The molecule has 2 N–H and O–H groups in total. The molecule has 13 heteroatoms. The lowest BCUT2D eigenvalue weighted by atomic mass is 9.98. The van der Waals surface area contributed by atoms with Gasteiger partial charge in [-0.05, 0) is 23.6 Å². The smallest absolute Gasteiger partial charge is 0.278 e. The van der Waals surface area contributed by atoms with Crippen molar-refractivity contribution < 1.29 is 27.5 Å². The number of nitrogens with one attached hydrogen (secondary N) is 2. The molecule has 1 atom stereocenters. The summed E-state index contributed by atoms with van der Waals surface area (Å²) in [7, 11) is -4.03. The molecule has 1 amide bonds. The molecule has 0 radical (unpaired) electrons. The van der Waals surface area contributed by atoms with Crippen LogP contribution in [-0.2, 0) is 43.1 Å². The predicted octanol–water partition coefficient (Wildman–Crippen LogP) is 3.97. The molecule has 0 bridgehead atoms. The Hall–Kier alpha value is -5.95. The van der Waals surface area contributed by atoms with Gasteiger partial charge >= 0.3 is 0 Å². The standard InChI is InChI=1S/C37H35N5O7S/c43-32(19-12-22-49-34-20-10-11-21-38-34)35(45)30(23-27-13-4-1-5-14-27)40-33(44)25-42-36(29-17-8-3-9-18-29)39-24-31(37(42)46)41-50(47,48)26-28-15-6-2-7-16-28/h1-11,13-18,20-21,24,30,41H,12,19,22-23,25-26H2,(H,40,44). The van der Waals surface area contributed by atoms with Crippen molar-refractivity contribution in [2.75, 3.05) is 11.3 Å². The van der Waals surface area contributed by atoms with Crippen molar-refractivity contribution in [2.45, 2.75) is 37.6 Å². The number of rotatable bonds is 17. The van der Waals surface area contributed by atoms with E-state index in [1.807, 2.05) is 0 Å². The molecule has 5 aromatic rings. The number of carbonyl (C=O) groups excluding carboxylic acids is 3. The van der Waals surface area contributed by atoms with E-state index >= 15 is 0 Å². The molecule has 3 aromatic carbocycles. The van der Waals surface area contributed by atoms with E-state index < -0.39 is 45.6 Å². The normalized spacial score (nSPS) is 11.7. The molecule has 256 valence electrons. The van der Waals surface area contributed by atoms with Crippen LogP contribution in [0.3, 0.4) is 0 Å². The van der Waals surface area contributed by atoms with E-state index in [1.165, 1.54) is 0 Å². The number of nitrogens with zero attached hydrogens (tertiary/aromatic N) is 3. The van der Waals surface area contributed by atoms with Crippen molar-refractivity contribution in [1.29, 1.82) is 0 Å². The first-order chi connectivity index (χ1) is 24.2. The van der Waals surface area contributed by atoms with Crippen LogP contribution in [0.5, 0.6) is 5.88 Å². The van der Waals surface area contributed by atoms with E-state index in [-0.39, 0.29) is 43.1 Å². The molecule has 2 aromatic heterocycles. The minimum Gasteiger partial charge on any atom is -0.478 e. The van der Waals surface area contributed by atoms with Gasteiger partial charge in [-0.2, -0.15) is 0 Å². The number of aromatic nitrogens is 3. The third-order valence-electron chi connectivity index (χ3n) is 7.49. The van der Waals surface area contributed by atoms with Crippen LogP contribution < -0.4 is 20.3 Å². The molecule has 0 aliphatic heterocycles. The Bertz CT molecular complexity index is 2080. The zero-order chi connectivity index (χ0) is 35.3. The number of hydrogen-bond acceptors (Lipinski definition) is 9. The first-order valence-corrected chi connectivity index (χ1v) is 17.5. The maximum atomic E-state index is 13.8. The van der Waals surface area contributed by atoms with E-state index in [2.05, 4.69) is 20.0 Å². The lowest BCUT2D eigenvalue weighted by molar-refractivity contribution is -0.139. The SMILES string of the molecule is O=C(Cn1c(-c2ccccc2)ncc(NS(=O)(=O)Cc2ccccc2)c1=O)NC(Cc1ccccc1)C(=O)C(=O)CCCOc1ccccn1. The average Bonchev–Trinajstić information content (AvgIpc) is 3.12. The van der Waals surface area contributed by atoms with Crippen LogP contribution in [0.15, 0.2) is 126 Å². The summed E-state index contributed by atoms with van der Waals surface area (Å²) in [5.41, 5.74) is 0.541. The zero-order valence-corrected chi connectivity index (χ0v) is 27.8. The summed E-state index contributed by atoms with van der Waals surface area (Å²) in [6.45, 7) is -0.454. The lowest BCUT2D eigenvalue weighted by Crippen LogP contribution is -2.47. The van der Waals surface area contributed by atoms with Crippen molar-refractivity contribution in [1.82, 2.24) is 19.9 Å². The van der Waals surface area contributed by atoms with Crippen LogP contribution in [0.25, 0.3) is 11.4 Å². The van der Waals surface area contributed by atoms with Crippen molar-refractivity contribution in [2.24, 2.45) is 0 Å². The highest BCUT2D eigenvalue weighted by atomic mass is 32.2. The Morgan fingerprint density at radius 3 is 2.10 bits per heavy atom. The van der Waals surface area contributed by atoms with Crippen LogP contribution >= 0.6 is 0 Å². The fourth-order valence-electron chi connectivity index (χ4n) is 5.13. The van der Waals surface area contributed by atoms with Gasteiger partial charge in [0.15, 0.2) is 0 Å². The molecule has 0 saturated heterocycles. The minimum atomic E-state index is -4.03. The third kappa shape index (κ3) is 10.0. The van der Waals surface area contributed by atoms with E-state index in [1.54, 1.807) is 115 Å². The molecule has 5 rings (SSSR count). The number of hydrogen-bond donors (Lipinski definition) is 2. The summed E-state index contributed by atoms with van der Waals surface area (Å²) in [4.78, 5) is 62.3. The molecule has 0 saturated carbocycles. The number of ether oxygens (including phenoxy) is 1. The van der Waals surface area contributed by atoms with Gasteiger partial charge in [0.25, 0.3) is 5.56 Å². The first kappa shape index (κ1) is 35.4. The summed E-state index contributed by atoms with van der Waals surface area (Å²) in [5, 5.41) is 2.64. The van der Waals surface area contributed by atoms with Gasteiger partial charge in [0.1, 0.15) is 18.1 Å².